The van der Waals surface area contributed by atoms with Gasteiger partial charge in [-0.1, -0.05) is 22.0 Å². The summed E-state index contributed by atoms with van der Waals surface area (Å²) in [5.74, 6) is 0.781. The molecule has 0 saturated heterocycles. The van der Waals surface area contributed by atoms with Crippen molar-refractivity contribution < 1.29 is 9.47 Å². The van der Waals surface area contributed by atoms with Crippen LogP contribution in [0.2, 0.25) is 0 Å². The van der Waals surface area contributed by atoms with Gasteiger partial charge in [0.25, 0.3) is 0 Å². The zero-order chi connectivity index (χ0) is 10.6. The van der Waals surface area contributed by atoms with Crippen LogP contribution >= 0.6 is 15.9 Å². The summed E-state index contributed by atoms with van der Waals surface area (Å²) in [4.78, 5) is 0. The predicted molar refractivity (Wildman–Crippen MR) is 59.5 cm³/mol. The zero-order valence-corrected chi connectivity index (χ0v) is 9.87. The van der Waals surface area contributed by atoms with Gasteiger partial charge in [0.2, 0.25) is 0 Å². The minimum Gasteiger partial charge on any atom is -0.496 e. The first kappa shape index (κ1) is 11.5. The van der Waals surface area contributed by atoms with Gasteiger partial charge in [-0.3, -0.25) is 0 Å². The minimum absolute atomic E-state index is 0.175. The van der Waals surface area contributed by atoms with Gasteiger partial charge in [0.15, 0.2) is 0 Å². The summed E-state index contributed by atoms with van der Waals surface area (Å²) in [6.07, 6.45) is 0. The van der Waals surface area contributed by atoms with Crippen molar-refractivity contribution in [3.63, 3.8) is 0 Å². The third-order valence-corrected chi connectivity index (χ3v) is 2.64. The topological polar surface area (TPSA) is 44.5 Å². The maximum absolute atomic E-state index is 5.95. The van der Waals surface area contributed by atoms with E-state index in [1.165, 1.54) is 0 Å². The van der Waals surface area contributed by atoms with E-state index in [1.54, 1.807) is 14.2 Å². The molecule has 0 aromatic heterocycles. The summed E-state index contributed by atoms with van der Waals surface area (Å²) in [5, 5.41) is 0. The highest BCUT2D eigenvalue weighted by molar-refractivity contribution is 9.10. The van der Waals surface area contributed by atoms with E-state index >= 15 is 0 Å². The Labute approximate surface area is 92.3 Å². The molecule has 1 rings (SSSR count). The van der Waals surface area contributed by atoms with Crippen molar-refractivity contribution >= 4 is 15.9 Å². The van der Waals surface area contributed by atoms with Crippen molar-refractivity contribution in [3.05, 3.63) is 28.2 Å². The molecule has 0 unspecified atom stereocenters. The lowest BCUT2D eigenvalue weighted by Gasteiger charge is -2.16. The number of ether oxygens (including phenoxy) is 2. The molecule has 0 aliphatic rings. The smallest absolute Gasteiger partial charge is 0.124 e. The van der Waals surface area contributed by atoms with Gasteiger partial charge < -0.3 is 15.2 Å². The molecule has 0 aliphatic heterocycles. The number of nitrogens with two attached hydrogens (primary N) is 1. The number of methoxy groups -OCH3 is 2. The van der Waals surface area contributed by atoms with Gasteiger partial charge in [-0.15, -0.1) is 0 Å². The van der Waals surface area contributed by atoms with E-state index in [1.807, 2.05) is 18.2 Å². The van der Waals surface area contributed by atoms with Crippen molar-refractivity contribution in [1.29, 1.82) is 0 Å². The monoisotopic (exact) mass is 259 g/mol. The molecule has 2 N–H and O–H groups in total. The van der Waals surface area contributed by atoms with E-state index in [2.05, 4.69) is 15.9 Å². The average molecular weight is 260 g/mol. The Bertz CT molecular complexity index is 304. The summed E-state index contributed by atoms with van der Waals surface area (Å²) in [7, 11) is 3.26. The van der Waals surface area contributed by atoms with Crippen molar-refractivity contribution in [2.45, 2.75) is 6.04 Å². The quantitative estimate of drug-likeness (QED) is 0.901. The lowest BCUT2D eigenvalue weighted by Crippen LogP contribution is -2.17. The van der Waals surface area contributed by atoms with Crippen molar-refractivity contribution in [3.8, 4) is 5.75 Å². The van der Waals surface area contributed by atoms with Gasteiger partial charge in [0.05, 0.1) is 19.8 Å². The Morgan fingerprint density at radius 3 is 2.71 bits per heavy atom. The largest absolute Gasteiger partial charge is 0.496 e. The second-order valence-corrected chi connectivity index (χ2v) is 3.77. The number of halogens is 1. The molecular weight excluding hydrogens is 246 g/mol. The van der Waals surface area contributed by atoms with Crippen LogP contribution < -0.4 is 10.5 Å². The second-order valence-electron chi connectivity index (χ2n) is 2.92. The lowest BCUT2D eigenvalue weighted by atomic mass is 10.1. The molecule has 4 heteroatoms. The van der Waals surface area contributed by atoms with Crippen molar-refractivity contribution in [2.75, 3.05) is 20.8 Å². The highest BCUT2D eigenvalue weighted by Gasteiger charge is 2.14. The fourth-order valence-electron chi connectivity index (χ4n) is 1.32. The van der Waals surface area contributed by atoms with Crippen LogP contribution in [-0.2, 0) is 4.74 Å². The lowest BCUT2D eigenvalue weighted by molar-refractivity contribution is 0.179. The van der Waals surface area contributed by atoms with Crippen LogP contribution in [0.5, 0.6) is 5.75 Å². The molecule has 78 valence electrons. The zero-order valence-electron chi connectivity index (χ0n) is 8.29. The Balaban J connectivity index is 3.03. The fraction of sp³-hybridized carbons (Fsp3) is 0.400. The maximum atomic E-state index is 5.95. The highest BCUT2D eigenvalue weighted by atomic mass is 79.9. The first-order valence-corrected chi connectivity index (χ1v) is 5.07. The van der Waals surface area contributed by atoms with Crippen LogP contribution in [0.15, 0.2) is 22.7 Å². The molecule has 0 spiro atoms. The number of hydrogen-bond acceptors (Lipinski definition) is 3. The summed E-state index contributed by atoms with van der Waals surface area (Å²) >= 11 is 3.44. The SMILES string of the molecule is COC[C@H](N)c1c(Br)cccc1OC. The minimum atomic E-state index is -0.175. The van der Waals surface area contributed by atoms with Crippen LogP contribution in [0, 0.1) is 0 Å². The first-order chi connectivity index (χ1) is 6.70. The Hall–Kier alpha value is -0.580. The number of benzene rings is 1. The van der Waals surface area contributed by atoms with Gasteiger partial charge in [0.1, 0.15) is 5.75 Å². The molecule has 3 nitrogen and oxygen atoms in total. The van der Waals surface area contributed by atoms with Gasteiger partial charge in [-0.25, -0.2) is 0 Å². The molecule has 0 aliphatic carbocycles. The van der Waals surface area contributed by atoms with E-state index in [0.29, 0.717) is 6.61 Å². The van der Waals surface area contributed by atoms with Crippen LogP contribution in [-0.4, -0.2) is 20.8 Å². The van der Waals surface area contributed by atoms with E-state index < -0.39 is 0 Å². The standard InChI is InChI=1S/C10H14BrNO2/c1-13-6-8(12)10-7(11)4-3-5-9(10)14-2/h3-5,8H,6,12H2,1-2H3/t8-/m0/s1. The molecule has 0 amide bonds. The molecule has 0 saturated carbocycles. The molecule has 0 heterocycles. The van der Waals surface area contributed by atoms with E-state index in [0.717, 1.165) is 15.8 Å². The van der Waals surface area contributed by atoms with Gasteiger partial charge >= 0.3 is 0 Å². The van der Waals surface area contributed by atoms with E-state index in [4.69, 9.17) is 15.2 Å². The number of rotatable bonds is 4. The Kier molecular flexibility index (Phi) is 4.38. The van der Waals surface area contributed by atoms with Crippen LogP contribution in [0.1, 0.15) is 11.6 Å². The highest BCUT2D eigenvalue weighted by Crippen LogP contribution is 2.31. The van der Waals surface area contributed by atoms with E-state index in [-0.39, 0.29) is 6.04 Å². The van der Waals surface area contributed by atoms with Crippen LogP contribution in [0.25, 0.3) is 0 Å². The molecule has 1 aromatic carbocycles. The molecule has 0 bridgehead atoms. The van der Waals surface area contributed by atoms with Gasteiger partial charge in [-0.05, 0) is 12.1 Å². The van der Waals surface area contributed by atoms with Gasteiger partial charge in [0, 0.05) is 17.1 Å². The van der Waals surface area contributed by atoms with E-state index in [9.17, 15) is 0 Å². The fourth-order valence-corrected chi connectivity index (χ4v) is 1.96. The second kappa shape index (κ2) is 5.34. The number of hydrogen-bond donors (Lipinski definition) is 1. The third-order valence-electron chi connectivity index (χ3n) is 1.95. The third kappa shape index (κ3) is 2.47. The van der Waals surface area contributed by atoms with Gasteiger partial charge in [-0.2, -0.15) is 0 Å². The summed E-state index contributed by atoms with van der Waals surface area (Å²) in [6, 6.07) is 5.56. The van der Waals surface area contributed by atoms with Crippen molar-refractivity contribution in [1.82, 2.24) is 0 Å². The maximum Gasteiger partial charge on any atom is 0.124 e. The summed E-state index contributed by atoms with van der Waals surface area (Å²) < 4.78 is 11.2. The molecular formula is C10H14BrNO2. The average Bonchev–Trinajstić information content (AvgIpc) is 2.17. The van der Waals surface area contributed by atoms with Crippen molar-refractivity contribution in [2.24, 2.45) is 5.73 Å². The Morgan fingerprint density at radius 1 is 1.43 bits per heavy atom. The molecule has 1 aromatic rings. The predicted octanol–water partition coefficient (Wildman–Crippen LogP) is 2.10. The normalized spacial score (nSPS) is 12.6. The molecule has 1 atom stereocenters. The first-order valence-electron chi connectivity index (χ1n) is 4.27. The van der Waals surface area contributed by atoms with Crippen LogP contribution in [0.3, 0.4) is 0 Å². The molecule has 0 fully saturated rings. The summed E-state index contributed by atoms with van der Waals surface area (Å²) in [6.45, 7) is 0.471. The summed E-state index contributed by atoms with van der Waals surface area (Å²) in [5.41, 5.74) is 6.89. The Morgan fingerprint density at radius 2 is 2.14 bits per heavy atom. The van der Waals surface area contributed by atoms with Crippen LogP contribution in [0.4, 0.5) is 0 Å². The molecule has 14 heavy (non-hydrogen) atoms. The molecule has 0 radical (unpaired) electrons.